The van der Waals surface area contributed by atoms with Crippen LogP contribution in [-0.4, -0.2) is 39.8 Å². The van der Waals surface area contributed by atoms with Gasteiger partial charge >= 0.3 is 6.18 Å². The second kappa shape index (κ2) is 6.63. The first-order valence-electron chi connectivity index (χ1n) is 7.22. The molecule has 0 aliphatic heterocycles. The molecule has 3 aromatic rings. The van der Waals surface area contributed by atoms with Crippen molar-refractivity contribution < 1.29 is 30.9 Å². The molecule has 2 aromatic heterocycles. The van der Waals surface area contributed by atoms with E-state index < -0.39 is 27.0 Å². The fourth-order valence-electron chi connectivity index (χ4n) is 2.17. The Morgan fingerprint density at radius 1 is 1.11 bits per heavy atom. The van der Waals surface area contributed by atoms with Gasteiger partial charge in [0.1, 0.15) is 10.6 Å². The van der Waals surface area contributed by atoms with Crippen LogP contribution in [0.2, 0.25) is 0 Å². The summed E-state index contributed by atoms with van der Waals surface area (Å²) in [5, 5.41) is 3.44. The second-order valence-electron chi connectivity index (χ2n) is 5.22. The molecule has 2 heterocycles. The van der Waals surface area contributed by atoms with Crippen LogP contribution in [0, 0.1) is 0 Å². The highest BCUT2D eigenvalue weighted by Crippen LogP contribution is 2.30. The zero-order valence-corrected chi connectivity index (χ0v) is 14.4. The standard InChI is InChI=1S/C15H11F3N4O4S/c1-26-10-4-2-9(3-5-10)13-20-14(15(16,17)18)21-22(13)12-7-6-11(8-19-12)27(23,24)25/h2-8H,1H3,(H,23,24,25). The molecule has 0 radical (unpaired) electrons. The molecule has 0 aliphatic rings. The summed E-state index contributed by atoms with van der Waals surface area (Å²) in [6.45, 7) is 0. The third-order valence-corrected chi connectivity index (χ3v) is 4.28. The van der Waals surface area contributed by atoms with E-state index in [1.54, 1.807) is 0 Å². The number of alkyl halides is 3. The Morgan fingerprint density at radius 3 is 2.26 bits per heavy atom. The minimum absolute atomic E-state index is 0.115. The van der Waals surface area contributed by atoms with Gasteiger partial charge in [0.2, 0.25) is 0 Å². The summed E-state index contributed by atoms with van der Waals surface area (Å²) in [4.78, 5) is 6.79. The van der Waals surface area contributed by atoms with Gasteiger partial charge in [-0.25, -0.2) is 9.97 Å². The van der Waals surface area contributed by atoms with Gasteiger partial charge in [0, 0.05) is 5.56 Å². The first-order chi connectivity index (χ1) is 12.6. The van der Waals surface area contributed by atoms with Crippen molar-refractivity contribution in [1.29, 1.82) is 0 Å². The number of aromatic nitrogens is 4. The molecule has 3 rings (SSSR count). The molecule has 142 valence electrons. The predicted octanol–water partition coefficient (Wildman–Crippen LogP) is 2.60. The van der Waals surface area contributed by atoms with E-state index in [2.05, 4.69) is 15.1 Å². The van der Waals surface area contributed by atoms with Crippen molar-refractivity contribution in [2.24, 2.45) is 0 Å². The maximum atomic E-state index is 13.1. The first-order valence-corrected chi connectivity index (χ1v) is 8.66. The molecule has 12 heteroatoms. The maximum Gasteiger partial charge on any atom is 0.453 e. The normalized spacial score (nSPS) is 12.2. The van der Waals surface area contributed by atoms with Crippen molar-refractivity contribution in [1.82, 2.24) is 19.7 Å². The van der Waals surface area contributed by atoms with E-state index >= 15 is 0 Å². The Hall–Kier alpha value is -2.99. The molecule has 0 saturated heterocycles. The summed E-state index contributed by atoms with van der Waals surface area (Å²) in [5.74, 6) is -1.15. The van der Waals surface area contributed by atoms with Gasteiger partial charge in [0.15, 0.2) is 11.6 Å². The third kappa shape index (κ3) is 3.90. The van der Waals surface area contributed by atoms with E-state index in [1.807, 2.05) is 0 Å². The fraction of sp³-hybridized carbons (Fsp3) is 0.133. The fourth-order valence-corrected chi connectivity index (χ4v) is 2.60. The first kappa shape index (κ1) is 18.8. The molecule has 0 bridgehead atoms. The monoisotopic (exact) mass is 400 g/mol. The quantitative estimate of drug-likeness (QED) is 0.671. The number of pyridine rings is 1. The molecular weight excluding hydrogens is 389 g/mol. The molecule has 1 aromatic carbocycles. The van der Waals surface area contributed by atoms with Crippen LogP contribution in [0.1, 0.15) is 5.82 Å². The Bertz CT molecular complexity index is 1060. The molecule has 0 aliphatic carbocycles. The highest BCUT2D eigenvalue weighted by Gasteiger charge is 2.37. The minimum atomic E-state index is -4.79. The van der Waals surface area contributed by atoms with Gasteiger partial charge in [-0.1, -0.05) is 0 Å². The summed E-state index contributed by atoms with van der Waals surface area (Å²) >= 11 is 0. The average molecular weight is 400 g/mol. The molecule has 1 N–H and O–H groups in total. The maximum absolute atomic E-state index is 13.1. The highest BCUT2D eigenvalue weighted by atomic mass is 32.2. The zero-order valence-electron chi connectivity index (χ0n) is 13.5. The number of hydrogen-bond donors (Lipinski definition) is 1. The predicted molar refractivity (Wildman–Crippen MR) is 86.0 cm³/mol. The van der Waals surface area contributed by atoms with E-state index in [0.717, 1.165) is 23.0 Å². The van der Waals surface area contributed by atoms with Crippen molar-refractivity contribution >= 4 is 10.1 Å². The van der Waals surface area contributed by atoms with E-state index in [0.29, 0.717) is 11.3 Å². The summed E-state index contributed by atoms with van der Waals surface area (Å²) in [6.07, 6.45) is -3.99. The van der Waals surface area contributed by atoms with Crippen LogP contribution in [0.25, 0.3) is 17.2 Å². The molecule has 8 nitrogen and oxygen atoms in total. The number of methoxy groups -OCH3 is 1. The van der Waals surface area contributed by atoms with Gasteiger partial charge in [-0.15, -0.1) is 5.10 Å². The van der Waals surface area contributed by atoms with Crippen molar-refractivity contribution in [2.45, 2.75) is 11.1 Å². The van der Waals surface area contributed by atoms with Gasteiger partial charge in [-0.2, -0.15) is 26.3 Å². The van der Waals surface area contributed by atoms with Gasteiger partial charge in [-0.3, -0.25) is 4.55 Å². The van der Waals surface area contributed by atoms with Crippen molar-refractivity contribution in [3.05, 3.63) is 48.4 Å². The van der Waals surface area contributed by atoms with Crippen LogP contribution < -0.4 is 4.74 Å². The highest BCUT2D eigenvalue weighted by molar-refractivity contribution is 7.85. The molecule has 27 heavy (non-hydrogen) atoms. The molecular formula is C15H11F3N4O4S. The Balaban J connectivity index is 2.14. The van der Waals surface area contributed by atoms with E-state index in [1.165, 1.54) is 31.4 Å². The Morgan fingerprint density at radius 2 is 1.78 bits per heavy atom. The lowest BCUT2D eigenvalue weighted by atomic mass is 10.2. The van der Waals surface area contributed by atoms with Gasteiger partial charge in [0.25, 0.3) is 15.9 Å². The number of rotatable bonds is 4. The largest absolute Gasteiger partial charge is 0.497 e. The summed E-state index contributed by atoms with van der Waals surface area (Å²) in [7, 11) is -3.05. The van der Waals surface area contributed by atoms with Crippen LogP contribution in [0.15, 0.2) is 47.5 Å². The lowest BCUT2D eigenvalue weighted by Crippen LogP contribution is -2.09. The molecule has 0 fully saturated rings. The second-order valence-corrected chi connectivity index (χ2v) is 6.65. The number of hydrogen-bond acceptors (Lipinski definition) is 6. The van der Waals surface area contributed by atoms with E-state index in [4.69, 9.17) is 9.29 Å². The van der Waals surface area contributed by atoms with Gasteiger partial charge < -0.3 is 4.74 Å². The lowest BCUT2D eigenvalue weighted by Gasteiger charge is -2.06. The molecule has 0 unspecified atom stereocenters. The Kier molecular flexibility index (Phi) is 4.61. The number of nitrogens with zero attached hydrogens (tertiary/aromatic N) is 4. The lowest BCUT2D eigenvalue weighted by molar-refractivity contribution is -0.144. The van der Waals surface area contributed by atoms with Crippen LogP contribution in [0.4, 0.5) is 13.2 Å². The van der Waals surface area contributed by atoms with Crippen molar-refractivity contribution in [3.8, 4) is 23.0 Å². The molecule has 0 saturated carbocycles. The summed E-state index contributed by atoms with van der Waals surface area (Å²) < 4.78 is 76.2. The Labute approximate surface area is 151 Å². The minimum Gasteiger partial charge on any atom is -0.497 e. The number of ether oxygens (including phenoxy) is 1. The molecule has 0 atom stereocenters. The van der Waals surface area contributed by atoms with Crippen LogP contribution in [-0.2, 0) is 16.3 Å². The topological polar surface area (TPSA) is 107 Å². The van der Waals surface area contributed by atoms with E-state index in [9.17, 15) is 21.6 Å². The SMILES string of the molecule is COc1ccc(-c2nc(C(F)(F)F)nn2-c2ccc(S(=O)(=O)O)cn2)cc1. The zero-order chi connectivity index (χ0) is 19.8. The van der Waals surface area contributed by atoms with Crippen molar-refractivity contribution in [2.75, 3.05) is 7.11 Å². The average Bonchev–Trinajstić information content (AvgIpc) is 3.07. The van der Waals surface area contributed by atoms with Crippen molar-refractivity contribution in [3.63, 3.8) is 0 Å². The number of halogens is 3. The molecule has 0 amide bonds. The van der Waals surface area contributed by atoms with Crippen LogP contribution in [0.3, 0.4) is 0 Å². The summed E-state index contributed by atoms with van der Waals surface area (Å²) in [5.41, 5.74) is 0.305. The summed E-state index contributed by atoms with van der Waals surface area (Å²) in [6, 6.07) is 8.15. The van der Waals surface area contributed by atoms with Crippen LogP contribution in [0.5, 0.6) is 5.75 Å². The molecule has 0 spiro atoms. The number of benzene rings is 1. The van der Waals surface area contributed by atoms with Crippen LogP contribution >= 0.6 is 0 Å². The van der Waals surface area contributed by atoms with E-state index in [-0.39, 0.29) is 11.6 Å². The van der Waals surface area contributed by atoms with Gasteiger partial charge in [-0.05, 0) is 36.4 Å². The third-order valence-electron chi connectivity index (χ3n) is 3.44. The smallest absolute Gasteiger partial charge is 0.453 e. The van der Waals surface area contributed by atoms with Gasteiger partial charge in [0.05, 0.1) is 13.3 Å².